The van der Waals surface area contributed by atoms with Gasteiger partial charge in [-0.2, -0.15) is 0 Å². The van der Waals surface area contributed by atoms with E-state index < -0.39 is 39.3 Å². The summed E-state index contributed by atoms with van der Waals surface area (Å²) >= 11 is 0. The monoisotopic (exact) mass is 814 g/mol. The van der Waals surface area contributed by atoms with Crippen LogP contribution < -0.4 is 0 Å². The topological polar surface area (TPSA) is 163 Å². The fraction of sp³-hybridized carbons (Fsp3) is 0. The number of sulfone groups is 4. The van der Waals surface area contributed by atoms with E-state index in [0.29, 0.717) is 55.0 Å². The number of fused-ring (bicyclic) bond motifs is 10. The van der Waals surface area contributed by atoms with Crippen molar-refractivity contribution in [1.29, 1.82) is 0 Å². The van der Waals surface area contributed by atoms with Crippen LogP contribution in [0.1, 0.15) is 0 Å². The van der Waals surface area contributed by atoms with Crippen LogP contribution in [0.4, 0.5) is 0 Å². The summed E-state index contributed by atoms with van der Waals surface area (Å²) in [6, 6.07) is 33.6. The van der Waals surface area contributed by atoms with Crippen molar-refractivity contribution in [2.45, 2.75) is 39.2 Å². The van der Waals surface area contributed by atoms with Gasteiger partial charge in [-0.05, 0) is 71.8 Å². The second kappa shape index (κ2) is 10.8. The minimum Gasteiger partial charge on any atom is -0.455 e. The molecule has 0 N–H and O–H groups in total. The normalized spacial score (nSPS) is 17.0. The Morgan fingerprint density at radius 3 is 1.00 bits per heavy atom. The van der Waals surface area contributed by atoms with Crippen molar-refractivity contribution < 1.29 is 42.5 Å². The number of benzene rings is 7. The van der Waals surface area contributed by atoms with Gasteiger partial charge in [-0.1, -0.05) is 72.8 Å². The molecule has 0 aliphatic carbocycles. The van der Waals surface area contributed by atoms with Crippen molar-refractivity contribution in [3.8, 4) is 22.3 Å². The molecule has 4 heterocycles. The second-order valence-corrected chi connectivity index (χ2v) is 21.1. The Morgan fingerprint density at radius 1 is 0.321 bits per heavy atom. The number of rotatable bonds is 2. The molecular formula is C42H22O10S4. The zero-order chi connectivity index (χ0) is 38.5. The first-order valence-electron chi connectivity index (χ1n) is 17.1. The molecule has 10 nitrogen and oxygen atoms in total. The SMILES string of the molecule is O=S1(=O)c2ccccc2S(=O)(=O)c2cc(-c3c4oc5ccccc5c4c(-c4ccc5c(c4)S(=O)(=O)c4ccccc4S5(=O)=O)c4oc5ccccc5c34)ccc21. The van der Waals surface area contributed by atoms with Crippen LogP contribution in [0.2, 0.25) is 0 Å². The van der Waals surface area contributed by atoms with Gasteiger partial charge in [-0.15, -0.1) is 0 Å². The van der Waals surface area contributed by atoms with E-state index in [1.165, 1.54) is 84.9 Å². The Kier molecular flexibility index (Phi) is 6.43. The maximum atomic E-state index is 14.1. The van der Waals surface area contributed by atoms with Crippen LogP contribution >= 0.6 is 0 Å². The second-order valence-electron chi connectivity index (χ2n) is 13.6. The molecule has 0 radical (unpaired) electrons. The molecule has 11 rings (SSSR count). The van der Waals surface area contributed by atoms with Gasteiger partial charge in [0.2, 0.25) is 39.3 Å². The smallest absolute Gasteiger partial charge is 0.209 e. The van der Waals surface area contributed by atoms with Crippen LogP contribution in [0.3, 0.4) is 0 Å². The van der Waals surface area contributed by atoms with E-state index in [1.807, 2.05) is 12.1 Å². The largest absolute Gasteiger partial charge is 0.455 e. The summed E-state index contributed by atoms with van der Waals surface area (Å²) in [6.45, 7) is 0. The average Bonchev–Trinajstić information content (AvgIpc) is 3.77. The van der Waals surface area contributed by atoms with Crippen LogP contribution in [-0.2, 0) is 39.3 Å². The minimum atomic E-state index is -4.30. The quantitative estimate of drug-likeness (QED) is 0.165. The fourth-order valence-electron chi connectivity index (χ4n) is 8.17. The molecule has 7 aromatic carbocycles. The summed E-state index contributed by atoms with van der Waals surface area (Å²) < 4.78 is 125. The van der Waals surface area contributed by atoms with Gasteiger partial charge >= 0.3 is 0 Å². The number of hydrogen-bond donors (Lipinski definition) is 0. The summed E-state index contributed by atoms with van der Waals surface area (Å²) in [4.78, 5) is -2.70. The highest BCUT2D eigenvalue weighted by atomic mass is 32.2. The van der Waals surface area contributed by atoms with Crippen LogP contribution in [0.15, 0.2) is 181 Å². The van der Waals surface area contributed by atoms with E-state index in [4.69, 9.17) is 8.83 Å². The van der Waals surface area contributed by atoms with Crippen molar-refractivity contribution in [1.82, 2.24) is 0 Å². The average molecular weight is 815 g/mol. The lowest BCUT2D eigenvalue weighted by Crippen LogP contribution is -2.19. The summed E-state index contributed by atoms with van der Waals surface area (Å²) in [5.74, 6) is 0. The first-order valence-corrected chi connectivity index (χ1v) is 23.0. The van der Waals surface area contributed by atoms with Gasteiger partial charge in [-0.3, -0.25) is 0 Å². The van der Waals surface area contributed by atoms with Gasteiger partial charge < -0.3 is 8.83 Å². The highest BCUT2D eigenvalue weighted by Gasteiger charge is 2.41. The Bertz CT molecular complexity index is 3520. The fourth-order valence-corrected chi connectivity index (χ4v) is 16.5. The molecule has 0 fully saturated rings. The van der Waals surface area contributed by atoms with Gasteiger partial charge in [0.05, 0.1) is 39.2 Å². The zero-order valence-electron chi connectivity index (χ0n) is 28.4. The Labute approximate surface area is 318 Å². The maximum absolute atomic E-state index is 14.1. The maximum Gasteiger partial charge on any atom is 0.209 e. The molecule has 56 heavy (non-hydrogen) atoms. The number of para-hydroxylation sites is 2. The predicted molar refractivity (Wildman–Crippen MR) is 207 cm³/mol. The predicted octanol–water partition coefficient (Wildman–Crippen LogP) is 8.78. The summed E-state index contributed by atoms with van der Waals surface area (Å²) in [7, 11) is -17.0. The number of hydrogen-bond acceptors (Lipinski definition) is 10. The van der Waals surface area contributed by atoms with Crippen LogP contribution in [0.25, 0.3) is 66.1 Å². The Hall–Kier alpha value is -6.06. The summed E-state index contributed by atoms with van der Waals surface area (Å²) in [6.07, 6.45) is 0. The van der Waals surface area contributed by atoms with Crippen molar-refractivity contribution >= 4 is 83.2 Å². The van der Waals surface area contributed by atoms with Crippen LogP contribution in [0, 0.1) is 0 Å². The van der Waals surface area contributed by atoms with E-state index in [9.17, 15) is 33.7 Å². The standard InChI is InChI=1S/C42H22O10S4/c43-53(44)29-13-5-7-15-31(29)55(47,48)35-21-23(17-19-33(35)53)37-39-25-9-1-3-11-27(25)51-41(39)38(40-26-10-2-4-12-28(26)52-42(37)40)24-18-20-34-36(22-24)56(49,50)32-16-8-6-14-30(32)54(34,45)46/h1-22H. The van der Waals surface area contributed by atoms with Gasteiger partial charge in [0.1, 0.15) is 22.3 Å². The van der Waals surface area contributed by atoms with Gasteiger partial charge in [-0.25, -0.2) is 33.7 Å². The third-order valence-corrected chi connectivity index (χ3v) is 18.6. The van der Waals surface area contributed by atoms with Crippen molar-refractivity contribution in [3.63, 3.8) is 0 Å². The molecule has 2 aromatic heterocycles. The van der Waals surface area contributed by atoms with E-state index in [0.717, 1.165) is 0 Å². The van der Waals surface area contributed by atoms with Gasteiger partial charge in [0.15, 0.2) is 0 Å². The highest BCUT2D eigenvalue weighted by Crippen LogP contribution is 2.53. The minimum absolute atomic E-state index is 0.287. The first-order chi connectivity index (χ1) is 26.8. The molecule has 2 aliphatic rings. The molecule has 0 spiro atoms. The molecule has 0 saturated heterocycles. The van der Waals surface area contributed by atoms with E-state index in [2.05, 4.69) is 0 Å². The Morgan fingerprint density at radius 2 is 0.625 bits per heavy atom. The molecule has 2 aliphatic heterocycles. The van der Waals surface area contributed by atoms with Gasteiger partial charge in [0.25, 0.3) is 0 Å². The van der Waals surface area contributed by atoms with E-state index >= 15 is 0 Å². The Balaban J connectivity index is 1.28. The molecule has 9 aromatic rings. The van der Waals surface area contributed by atoms with E-state index in [1.54, 1.807) is 36.4 Å². The molecule has 274 valence electrons. The van der Waals surface area contributed by atoms with Crippen molar-refractivity contribution in [2.24, 2.45) is 0 Å². The highest BCUT2D eigenvalue weighted by molar-refractivity contribution is 7.98. The lowest BCUT2D eigenvalue weighted by Gasteiger charge is -2.21. The third-order valence-electron chi connectivity index (χ3n) is 10.6. The number of furan rings is 2. The lowest BCUT2D eigenvalue weighted by molar-refractivity contribution is 0.570. The van der Waals surface area contributed by atoms with Crippen molar-refractivity contribution in [2.75, 3.05) is 0 Å². The molecule has 0 amide bonds. The molecule has 14 heteroatoms. The molecule has 0 saturated carbocycles. The molecule has 0 atom stereocenters. The van der Waals surface area contributed by atoms with Crippen LogP contribution in [0.5, 0.6) is 0 Å². The van der Waals surface area contributed by atoms with Crippen LogP contribution in [-0.4, -0.2) is 33.7 Å². The molecule has 0 bridgehead atoms. The zero-order valence-corrected chi connectivity index (χ0v) is 31.7. The molecule has 0 unspecified atom stereocenters. The summed E-state index contributed by atoms with van der Waals surface area (Å²) in [5, 5.41) is 2.19. The van der Waals surface area contributed by atoms with Crippen molar-refractivity contribution in [3.05, 3.63) is 133 Å². The first kappa shape index (κ1) is 33.3. The lowest BCUT2D eigenvalue weighted by atomic mass is 9.90. The summed E-state index contributed by atoms with van der Waals surface area (Å²) in [5.41, 5.74) is 2.95. The van der Waals surface area contributed by atoms with Gasteiger partial charge in [0, 0.05) is 32.7 Å². The third kappa shape index (κ3) is 4.13. The van der Waals surface area contributed by atoms with E-state index in [-0.39, 0.29) is 50.3 Å². The molecular weight excluding hydrogens is 793 g/mol.